The van der Waals surface area contributed by atoms with E-state index >= 15 is 0 Å². The van der Waals surface area contributed by atoms with E-state index in [1.807, 2.05) is 6.20 Å². The molecule has 2 heterocycles. The van der Waals surface area contributed by atoms with E-state index in [4.69, 9.17) is 4.74 Å². The molecule has 0 aliphatic heterocycles. The van der Waals surface area contributed by atoms with Crippen LogP contribution in [0.15, 0.2) is 6.20 Å². The van der Waals surface area contributed by atoms with Crippen LogP contribution in [0.1, 0.15) is 17.7 Å². The van der Waals surface area contributed by atoms with Crippen molar-refractivity contribution in [3.05, 3.63) is 17.5 Å². The Hall–Kier alpha value is -2.16. The van der Waals surface area contributed by atoms with Crippen molar-refractivity contribution >= 4 is 22.5 Å². The second kappa shape index (κ2) is 5.45. The molecule has 0 aromatic carbocycles. The van der Waals surface area contributed by atoms with Gasteiger partial charge in [0.15, 0.2) is 0 Å². The minimum atomic E-state index is -0.277. The summed E-state index contributed by atoms with van der Waals surface area (Å²) in [5.74, 6) is 0. The molecule has 2 amide bonds. The van der Waals surface area contributed by atoms with Crippen molar-refractivity contribution in [2.45, 2.75) is 25.3 Å². The summed E-state index contributed by atoms with van der Waals surface area (Å²) in [6.45, 7) is 0. The molecule has 20 heavy (non-hydrogen) atoms. The number of nitrogens with one attached hydrogen (secondary N) is 3. The highest BCUT2D eigenvalue weighted by atomic mass is 32.1. The molecule has 0 bridgehead atoms. The van der Waals surface area contributed by atoms with Crippen LogP contribution in [0.5, 0.6) is 5.19 Å². The Morgan fingerprint density at radius 1 is 1.55 bits per heavy atom. The van der Waals surface area contributed by atoms with Crippen molar-refractivity contribution in [2.24, 2.45) is 0 Å². The van der Waals surface area contributed by atoms with Gasteiger partial charge in [0.2, 0.25) is 5.13 Å². The summed E-state index contributed by atoms with van der Waals surface area (Å²) in [5.41, 5.74) is 2.33. The van der Waals surface area contributed by atoms with Crippen LogP contribution >= 0.6 is 11.3 Å². The fraction of sp³-hybridized carbons (Fsp3) is 0.455. The SMILES string of the molecule is COc1nnc(NC(=O)NC2CCc3[nH]ncc3C2)s1. The van der Waals surface area contributed by atoms with Crippen LogP contribution in [0.4, 0.5) is 9.93 Å². The molecule has 3 rings (SSSR count). The second-order valence-electron chi connectivity index (χ2n) is 4.49. The molecule has 8 nitrogen and oxygen atoms in total. The van der Waals surface area contributed by atoms with E-state index in [9.17, 15) is 4.79 Å². The van der Waals surface area contributed by atoms with Crippen molar-refractivity contribution < 1.29 is 9.53 Å². The molecule has 9 heteroatoms. The molecule has 106 valence electrons. The molecule has 3 N–H and O–H groups in total. The summed E-state index contributed by atoms with van der Waals surface area (Å²) in [6.07, 6.45) is 4.39. The van der Waals surface area contributed by atoms with E-state index in [2.05, 4.69) is 31.0 Å². The van der Waals surface area contributed by atoms with E-state index in [-0.39, 0.29) is 12.1 Å². The Morgan fingerprint density at radius 3 is 3.25 bits per heavy atom. The minimum absolute atomic E-state index is 0.106. The first-order valence-corrected chi connectivity index (χ1v) is 7.02. The Labute approximate surface area is 118 Å². The topological polar surface area (TPSA) is 105 Å². The maximum atomic E-state index is 11.9. The van der Waals surface area contributed by atoms with Gasteiger partial charge in [-0.05, 0) is 36.2 Å². The standard InChI is InChI=1S/C11H14N6O2S/c1-19-11-17-16-10(20-11)14-9(18)13-7-2-3-8-6(4-7)5-12-15-8/h5,7H,2-4H2,1H3,(H,12,15)(H2,13,14,16,18). The number of hydrogen-bond acceptors (Lipinski definition) is 6. The van der Waals surface area contributed by atoms with Crippen molar-refractivity contribution in [1.29, 1.82) is 0 Å². The number of fused-ring (bicyclic) bond motifs is 1. The molecule has 1 aliphatic rings. The van der Waals surface area contributed by atoms with Gasteiger partial charge < -0.3 is 10.1 Å². The summed E-state index contributed by atoms with van der Waals surface area (Å²) >= 11 is 1.18. The van der Waals surface area contributed by atoms with Crippen LogP contribution in [-0.4, -0.2) is 39.6 Å². The highest BCUT2D eigenvalue weighted by Gasteiger charge is 2.21. The molecule has 2 aromatic heterocycles. The van der Waals surface area contributed by atoms with Crippen LogP contribution in [0.2, 0.25) is 0 Å². The van der Waals surface area contributed by atoms with Gasteiger partial charge in [-0.1, -0.05) is 5.10 Å². The first-order chi connectivity index (χ1) is 9.74. The number of anilines is 1. The highest BCUT2D eigenvalue weighted by molar-refractivity contribution is 7.17. The van der Waals surface area contributed by atoms with Crippen molar-refractivity contribution in [1.82, 2.24) is 25.7 Å². The maximum absolute atomic E-state index is 11.9. The summed E-state index contributed by atoms with van der Waals surface area (Å²) < 4.78 is 4.92. The molecule has 1 aliphatic carbocycles. The number of hydrogen-bond donors (Lipinski definition) is 3. The van der Waals surface area contributed by atoms with Crippen molar-refractivity contribution in [2.75, 3.05) is 12.4 Å². The lowest BCUT2D eigenvalue weighted by Crippen LogP contribution is -2.41. The van der Waals surface area contributed by atoms with E-state index < -0.39 is 0 Å². The predicted octanol–water partition coefficient (Wildman–Crippen LogP) is 0.949. The molecular formula is C11H14N6O2S. The molecule has 0 fully saturated rings. The lowest BCUT2D eigenvalue weighted by molar-refractivity contribution is 0.247. The molecule has 0 saturated heterocycles. The zero-order valence-electron chi connectivity index (χ0n) is 10.8. The number of ether oxygens (including phenoxy) is 1. The van der Waals surface area contributed by atoms with Gasteiger partial charge in [0.05, 0.1) is 13.3 Å². The van der Waals surface area contributed by atoms with Gasteiger partial charge in [-0.25, -0.2) is 4.79 Å². The summed E-state index contributed by atoms with van der Waals surface area (Å²) in [6, 6.07) is -0.171. The van der Waals surface area contributed by atoms with Crippen LogP contribution in [-0.2, 0) is 12.8 Å². The number of aryl methyl sites for hydroxylation is 1. The lowest BCUT2D eigenvalue weighted by Gasteiger charge is -2.22. The van der Waals surface area contributed by atoms with E-state index in [1.165, 1.54) is 24.0 Å². The largest absolute Gasteiger partial charge is 0.472 e. The van der Waals surface area contributed by atoms with E-state index in [0.717, 1.165) is 25.0 Å². The van der Waals surface area contributed by atoms with Crippen molar-refractivity contribution in [3.8, 4) is 5.19 Å². The van der Waals surface area contributed by atoms with Crippen LogP contribution in [0, 0.1) is 0 Å². The summed E-state index contributed by atoms with van der Waals surface area (Å²) in [7, 11) is 1.51. The normalized spacial score (nSPS) is 17.4. The molecule has 2 aromatic rings. The van der Waals surface area contributed by atoms with Gasteiger partial charge in [0, 0.05) is 11.7 Å². The third-order valence-electron chi connectivity index (χ3n) is 3.15. The van der Waals surface area contributed by atoms with Gasteiger partial charge in [-0.2, -0.15) is 5.10 Å². The smallest absolute Gasteiger partial charge is 0.321 e. The van der Waals surface area contributed by atoms with Crippen LogP contribution in [0.3, 0.4) is 0 Å². The van der Waals surface area contributed by atoms with E-state index in [0.29, 0.717) is 10.3 Å². The molecule has 1 unspecified atom stereocenters. The second-order valence-corrected chi connectivity index (χ2v) is 5.43. The van der Waals surface area contributed by atoms with Gasteiger partial charge in [0.25, 0.3) is 5.19 Å². The fourth-order valence-corrected chi connectivity index (χ4v) is 2.76. The first-order valence-electron chi connectivity index (χ1n) is 6.20. The molecule has 0 spiro atoms. The van der Waals surface area contributed by atoms with Crippen LogP contribution < -0.4 is 15.4 Å². The zero-order valence-corrected chi connectivity index (χ0v) is 11.7. The number of H-pyrrole nitrogens is 1. The van der Waals surface area contributed by atoms with Gasteiger partial charge in [0.1, 0.15) is 0 Å². The number of carbonyl (C=O) groups excluding carboxylic acids is 1. The number of rotatable bonds is 3. The third-order valence-corrected chi connectivity index (χ3v) is 3.95. The number of amides is 2. The highest BCUT2D eigenvalue weighted by Crippen LogP contribution is 2.22. The quantitative estimate of drug-likeness (QED) is 0.781. The Morgan fingerprint density at radius 2 is 2.45 bits per heavy atom. The number of nitrogens with zero attached hydrogens (tertiary/aromatic N) is 3. The monoisotopic (exact) mass is 294 g/mol. The maximum Gasteiger partial charge on any atom is 0.321 e. The van der Waals surface area contributed by atoms with Crippen LogP contribution in [0.25, 0.3) is 0 Å². The summed E-state index contributed by atoms with van der Waals surface area (Å²) in [4.78, 5) is 11.9. The Kier molecular flexibility index (Phi) is 3.50. The summed E-state index contributed by atoms with van der Waals surface area (Å²) in [5, 5.41) is 21.0. The first kappa shape index (κ1) is 12.9. The van der Waals surface area contributed by atoms with Gasteiger partial charge in [-0.3, -0.25) is 10.4 Å². The van der Waals surface area contributed by atoms with Gasteiger partial charge >= 0.3 is 6.03 Å². The number of methoxy groups -OCH3 is 1. The van der Waals surface area contributed by atoms with Crippen molar-refractivity contribution in [3.63, 3.8) is 0 Å². The van der Waals surface area contributed by atoms with E-state index in [1.54, 1.807) is 0 Å². The lowest BCUT2D eigenvalue weighted by atomic mass is 9.94. The molecule has 1 atom stereocenters. The minimum Gasteiger partial charge on any atom is -0.472 e. The number of aromatic amines is 1. The average Bonchev–Trinajstić information content (AvgIpc) is 3.06. The fourth-order valence-electron chi connectivity index (χ4n) is 2.20. The number of carbonyl (C=O) groups is 1. The molecule has 0 radical (unpaired) electrons. The molecule has 0 saturated carbocycles. The zero-order chi connectivity index (χ0) is 13.9. The Balaban J connectivity index is 1.54. The molecular weight excluding hydrogens is 280 g/mol. The Bertz CT molecular complexity index is 610. The number of urea groups is 1. The average molecular weight is 294 g/mol. The van der Waals surface area contributed by atoms with Gasteiger partial charge in [-0.15, -0.1) is 5.10 Å². The predicted molar refractivity (Wildman–Crippen MR) is 73.0 cm³/mol. The number of aromatic nitrogens is 4. The third kappa shape index (κ3) is 2.72.